The van der Waals surface area contributed by atoms with Gasteiger partial charge in [0, 0.05) is 0 Å². The van der Waals surface area contributed by atoms with Crippen molar-refractivity contribution in [3.05, 3.63) is 41.4 Å². The molecule has 1 rings (SSSR count). The van der Waals surface area contributed by atoms with Crippen LogP contribution in [0.15, 0.2) is 30.9 Å². The molecule has 0 aliphatic heterocycles. The van der Waals surface area contributed by atoms with Crippen molar-refractivity contribution in [3.63, 3.8) is 0 Å². The van der Waals surface area contributed by atoms with Gasteiger partial charge >= 0.3 is 12.1 Å². The first-order valence-electron chi connectivity index (χ1n) is 5.21. The molecule has 102 valence electrons. The molecule has 19 heavy (non-hydrogen) atoms. The van der Waals surface area contributed by atoms with E-state index in [-0.39, 0.29) is 22.9 Å². The van der Waals surface area contributed by atoms with Gasteiger partial charge in [0.25, 0.3) is 0 Å². The minimum absolute atomic E-state index is 0.00925. The molecule has 7 heteroatoms. The lowest BCUT2D eigenvalue weighted by Gasteiger charge is -2.15. The Morgan fingerprint density at radius 2 is 2.21 bits per heavy atom. The Balaban J connectivity index is 2.88. The number of alkyl carbamates (subject to hydrolysis) is 1. The third-order valence-electron chi connectivity index (χ3n) is 2.15. The SMILES string of the molecule is C=CCOC(=O)N[C@@H](C(=O)O)c1ccc(O)c(Cl)c1. The standard InChI is InChI=1S/C12H12ClNO5/c1-2-5-19-12(18)14-10(11(16)17)7-3-4-9(15)8(13)6-7/h2-4,6,10,15H,1,5H2,(H,14,18)(H,16,17)/t10-/m1/s1. The van der Waals surface area contributed by atoms with Gasteiger partial charge in [-0.15, -0.1) is 0 Å². The number of phenolic OH excluding ortho intramolecular Hbond substituents is 1. The van der Waals surface area contributed by atoms with Crippen LogP contribution in [0.3, 0.4) is 0 Å². The Hall–Kier alpha value is -2.21. The zero-order valence-electron chi connectivity index (χ0n) is 9.80. The Morgan fingerprint density at radius 3 is 2.74 bits per heavy atom. The lowest BCUT2D eigenvalue weighted by molar-refractivity contribution is -0.139. The van der Waals surface area contributed by atoms with Crippen LogP contribution >= 0.6 is 11.6 Å². The molecule has 0 aliphatic carbocycles. The first-order chi connectivity index (χ1) is 8.95. The lowest BCUT2D eigenvalue weighted by atomic mass is 10.1. The maximum absolute atomic E-state index is 11.3. The van der Waals surface area contributed by atoms with Gasteiger partial charge in [-0.3, -0.25) is 0 Å². The van der Waals surface area contributed by atoms with Crippen LogP contribution < -0.4 is 5.32 Å². The van der Waals surface area contributed by atoms with Crippen LogP contribution in [0.1, 0.15) is 11.6 Å². The first-order valence-corrected chi connectivity index (χ1v) is 5.59. The fourth-order valence-electron chi connectivity index (χ4n) is 1.28. The summed E-state index contributed by atoms with van der Waals surface area (Å²) in [6.07, 6.45) is 0.462. The summed E-state index contributed by atoms with van der Waals surface area (Å²) in [5.41, 5.74) is 0.214. The topological polar surface area (TPSA) is 95.9 Å². The molecule has 1 aromatic rings. The molecule has 0 saturated carbocycles. The second-order valence-electron chi connectivity index (χ2n) is 3.51. The van der Waals surface area contributed by atoms with Crippen molar-refractivity contribution in [3.8, 4) is 5.75 Å². The largest absolute Gasteiger partial charge is 0.506 e. The van der Waals surface area contributed by atoms with E-state index in [1.165, 1.54) is 24.3 Å². The summed E-state index contributed by atoms with van der Waals surface area (Å²) < 4.78 is 4.63. The highest BCUT2D eigenvalue weighted by molar-refractivity contribution is 6.32. The molecule has 0 fully saturated rings. The molecule has 0 bridgehead atoms. The Labute approximate surface area is 114 Å². The van der Waals surface area contributed by atoms with Gasteiger partial charge in [-0.2, -0.15) is 0 Å². The van der Waals surface area contributed by atoms with Crippen LogP contribution in [0.4, 0.5) is 4.79 Å². The van der Waals surface area contributed by atoms with Gasteiger partial charge in [0.15, 0.2) is 6.04 Å². The average molecular weight is 286 g/mol. The number of carbonyl (C=O) groups excluding carboxylic acids is 1. The van der Waals surface area contributed by atoms with Gasteiger partial charge < -0.3 is 20.3 Å². The number of carbonyl (C=O) groups is 2. The highest BCUT2D eigenvalue weighted by Gasteiger charge is 2.23. The summed E-state index contributed by atoms with van der Waals surface area (Å²) in [6.45, 7) is 3.33. The monoisotopic (exact) mass is 285 g/mol. The smallest absolute Gasteiger partial charge is 0.408 e. The summed E-state index contributed by atoms with van der Waals surface area (Å²) in [6, 6.07) is 2.51. The van der Waals surface area contributed by atoms with E-state index < -0.39 is 18.1 Å². The molecule has 0 aliphatic rings. The number of phenols is 1. The quantitative estimate of drug-likeness (QED) is 0.720. The number of ether oxygens (including phenoxy) is 1. The van der Waals surface area contributed by atoms with E-state index >= 15 is 0 Å². The number of hydrogen-bond donors (Lipinski definition) is 3. The number of amides is 1. The number of nitrogens with one attached hydrogen (secondary N) is 1. The van der Waals surface area contributed by atoms with Crippen molar-refractivity contribution >= 4 is 23.7 Å². The van der Waals surface area contributed by atoms with Crippen molar-refractivity contribution in [2.75, 3.05) is 6.61 Å². The Morgan fingerprint density at radius 1 is 1.53 bits per heavy atom. The van der Waals surface area contributed by atoms with Crippen LogP contribution in [0, 0.1) is 0 Å². The van der Waals surface area contributed by atoms with E-state index in [1.54, 1.807) is 0 Å². The van der Waals surface area contributed by atoms with Crippen LogP contribution in [-0.2, 0) is 9.53 Å². The van der Waals surface area contributed by atoms with E-state index in [2.05, 4.69) is 16.6 Å². The van der Waals surface area contributed by atoms with Crippen molar-refractivity contribution in [2.24, 2.45) is 0 Å². The van der Waals surface area contributed by atoms with Gasteiger partial charge in [-0.05, 0) is 17.7 Å². The average Bonchev–Trinajstić information content (AvgIpc) is 2.36. The van der Waals surface area contributed by atoms with Gasteiger partial charge in [0.05, 0.1) is 5.02 Å². The second kappa shape index (κ2) is 6.65. The zero-order valence-corrected chi connectivity index (χ0v) is 10.6. The highest BCUT2D eigenvalue weighted by Crippen LogP contribution is 2.26. The highest BCUT2D eigenvalue weighted by atomic mass is 35.5. The summed E-state index contributed by atoms with van der Waals surface area (Å²) in [4.78, 5) is 22.4. The Bertz CT molecular complexity index is 503. The van der Waals surface area contributed by atoms with E-state index in [0.717, 1.165) is 0 Å². The van der Waals surface area contributed by atoms with E-state index in [1.807, 2.05) is 0 Å². The number of hydrogen-bond acceptors (Lipinski definition) is 4. The molecular formula is C12H12ClNO5. The molecule has 0 heterocycles. The molecule has 6 nitrogen and oxygen atoms in total. The summed E-state index contributed by atoms with van der Waals surface area (Å²) in [5, 5.41) is 20.5. The third kappa shape index (κ3) is 4.18. The van der Waals surface area contributed by atoms with Gasteiger partial charge in [-0.1, -0.05) is 30.3 Å². The first kappa shape index (κ1) is 14.8. The summed E-state index contributed by atoms with van der Waals surface area (Å²) in [7, 11) is 0. The molecule has 1 aromatic carbocycles. The molecule has 0 unspecified atom stereocenters. The van der Waals surface area contributed by atoms with Crippen LogP contribution in [0.5, 0.6) is 5.75 Å². The molecule has 1 atom stereocenters. The minimum atomic E-state index is -1.32. The number of rotatable bonds is 5. The van der Waals surface area contributed by atoms with Crippen molar-refractivity contribution in [2.45, 2.75) is 6.04 Å². The number of carboxylic acids is 1. The second-order valence-corrected chi connectivity index (χ2v) is 3.92. The molecule has 0 radical (unpaired) electrons. The van der Waals surface area contributed by atoms with E-state index in [4.69, 9.17) is 16.7 Å². The maximum atomic E-state index is 11.3. The zero-order chi connectivity index (χ0) is 14.4. The number of benzene rings is 1. The third-order valence-corrected chi connectivity index (χ3v) is 2.45. The predicted molar refractivity (Wildman–Crippen MR) is 68.2 cm³/mol. The normalized spacial score (nSPS) is 11.4. The number of carboxylic acid groups (broad SMARTS) is 1. The molecule has 3 N–H and O–H groups in total. The summed E-state index contributed by atoms with van der Waals surface area (Å²) in [5.74, 6) is -1.46. The van der Waals surface area contributed by atoms with Gasteiger partial charge in [0.2, 0.25) is 0 Å². The number of aromatic hydroxyl groups is 1. The van der Waals surface area contributed by atoms with Gasteiger partial charge in [-0.25, -0.2) is 9.59 Å². The Kier molecular flexibility index (Phi) is 5.20. The van der Waals surface area contributed by atoms with E-state index in [9.17, 15) is 14.7 Å². The maximum Gasteiger partial charge on any atom is 0.408 e. The molecule has 1 amide bonds. The van der Waals surface area contributed by atoms with Crippen molar-refractivity contribution < 1.29 is 24.5 Å². The minimum Gasteiger partial charge on any atom is -0.506 e. The number of halogens is 1. The summed E-state index contributed by atoms with van der Waals surface area (Å²) >= 11 is 5.68. The molecule has 0 aromatic heterocycles. The van der Waals surface area contributed by atoms with E-state index in [0.29, 0.717) is 0 Å². The van der Waals surface area contributed by atoms with Crippen molar-refractivity contribution in [1.29, 1.82) is 0 Å². The predicted octanol–water partition coefficient (Wildman–Crippen LogP) is 2.08. The van der Waals surface area contributed by atoms with Crippen LogP contribution in [0.2, 0.25) is 5.02 Å². The van der Waals surface area contributed by atoms with Crippen molar-refractivity contribution in [1.82, 2.24) is 5.32 Å². The molecular weight excluding hydrogens is 274 g/mol. The lowest BCUT2D eigenvalue weighted by Crippen LogP contribution is -2.34. The van der Waals surface area contributed by atoms with Gasteiger partial charge in [0.1, 0.15) is 12.4 Å². The van der Waals surface area contributed by atoms with Crippen LogP contribution in [0.25, 0.3) is 0 Å². The number of aliphatic carboxylic acids is 1. The van der Waals surface area contributed by atoms with Crippen LogP contribution in [-0.4, -0.2) is 28.9 Å². The molecule has 0 spiro atoms. The fraction of sp³-hybridized carbons (Fsp3) is 0.167. The fourth-order valence-corrected chi connectivity index (χ4v) is 1.47. The molecule has 0 saturated heterocycles.